The van der Waals surface area contributed by atoms with Crippen LogP contribution in [-0.4, -0.2) is 47.5 Å². The lowest BCUT2D eigenvalue weighted by atomic mass is 10.5. The van der Waals surface area contributed by atoms with Gasteiger partial charge >= 0.3 is 0 Å². The summed E-state index contributed by atoms with van der Waals surface area (Å²) >= 11 is 0. The van der Waals surface area contributed by atoms with E-state index in [0.717, 1.165) is 19.4 Å². The number of hydrogen-bond donors (Lipinski definition) is 2. The number of ether oxygens (including phenoxy) is 1. The average molecular weight is 273 g/mol. The first-order chi connectivity index (χ1) is 7.14. The number of sulfonamides is 1. The molecule has 7 heteroatoms. The van der Waals surface area contributed by atoms with Gasteiger partial charge in [0.1, 0.15) is 0 Å². The predicted molar refractivity (Wildman–Crippen MR) is 66.5 cm³/mol. The predicted octanol–water partition coefficient (Wildman–Crippen LogP) is -0.0264. The van der Waals surface area contributed by atoms with Gasteiger partial charge in [-0.05, 0) is 18.8 Å². The summed E-state index contributed by atoms with van der Waals surface area (Å²) in [6.07, 6.45) is 2.12. The number of methoxy groups -OCH3 is 1. The van der Waals surface area contributed by atoms with E-state index in [4.69, 9.17) is 4.74 Å². The van der Waals surface area contributed by atoms with Crippen LogP contribution in [0.4, 0.5) is 0 Å². The topological polar surface area (TPSA) is 67.4 Å². The Balaban J connectivity index is 0.00000225. The van der Waals surface area contributed by atoms with Crippen LogP contribution in [0.3, 0.4) is 0 Å². The fourth-order valence-corrected chi connectivity index (χ4v) is 2.73. The van der Waals surface area contributed by atoms with E-state index in [1.54, 1.807) is 7.11 Å². The summed E-state index contributed by atoms with van der Waals surface area (Å²) < 4.78 is 30.2. The highest BCUT2D eigenvalue weighted by molar-refractivity contribution is 7.89. The van der Waals surface area contributed by atoms with Crippen molar-refractivity contribution in [3.05, 3.63) is 0 Å². The first-order valence-electron chi connectivity index (χ1n) is 5.31. The van der Waals surface area contributed by atoms with Gasteiger partial charge in [-0.25, -0.2) is 13.1 Å². The molecule has 0 heterocycles. The van der Waals surface area contributed by atoms with Crippen molar-refractivity contribution >= 4 is 22.4 Å². The van der Waals surface area contributed by atoms with Crippen LogP contribution >= 0.6 is 12.4 Å². The molecule has 1 rings (SSSR count). The molecule has 0 atom stereocenters. The molecule has 1 aliphatic rings. The van der Waals surface area contributed by atoms with Crippen molar-refractivity contribution in [2.45, 2.75) is 12.8 Å². The molecule has 98 valence electrons. The Hall–Kier alpha value is 0.120. The zero-order valence-corrected chi connectivity index (χ0v) is 11.2. The molecule has 0 aromatic heterocycles. The Labute approximate surface area is 104 Å². The van der Waals surface area contributed by atoms with Gasteiger partial charge in [-0.1, -0.05) is 0 Å². The summed E-state index contributed by atoms with van der Waals surface area (Å²) in [5.74, 6) is 0.703. The minimum Gasteiger partial charge on any atom is -0.383 e. The molecule has 1 aliphatic carbocycles. The van der Waals surface area contributed by atoms with Crippen LogP contribution in [0, 0.1) is 5.92 Å². The molecule has 0 unspecified atom stereocenters. The minimum absolute atomic E-state index is 0. The first-order valence-corrected chi connectivity index (χ1v) is 6.96. The fraction of sp³-hybridized carbons (Fsp3) is 1.00. The van der Waals surface area contributed by atoms with Gasteiger partial charge in [0, 0.05) is 26.7 Å². The molecule has 1 saturated carbocycles. The molecule has 2 N–H and O–H groups in total. The maximum absolute atomic E-state index is 11.4. The van der Waals surface area contributed by atoms with Gasteiger partial charge in [-0.15, -0.1) is 12.4 Å². The number of halogens is 1. The number of rotatable bonds is 9. The summed E-state index contributed by atoms with van der Waals surface area (Å²) in [5, 5.41) is 3.08. The summed E-state index contributed by atoms with van der Waals surface area (Å²) in [7, 11) is -1.39. The van der Waals surface area contributed by atoms with E-state index in [2.05, 4.69) is 10.0 Å². The molecule has 5 nitrogen and oxygen atoms in total. The second-order valence-electron chi connectivity index (χ2n) is 3.86. The largest absolute Gasteiger partial charge is 0.383 e. The van der Waals surface area contributed by atoms with Crippen LogP contribution in [0.5, 0.6) is 0 Å². The SMILES string of the molecule is COCCNCCNS(=O)(=O)CC1CC1.Cl. The lowest BCUT2D eigenvalue weighted by Gasteiger charge is -2.06. The van der Waals surface area contributed by atoms with Crippen molar-refractivity contribution in [3.63, 3.8) is 0 Å². The van der Waals surface area contributed by atoms with E-state index in [9.17, 15) is 8.42 Å². The molecule has 0 aromatic carbocycles. The molecule has 1 fully saturated rings. The Morgan fingerprint density at radius 3 is 2.50 bits per heavy atom. The smallest absolute Gasteiger partial charge is 0.211 e. The van der Waals surface area contributed by atoms with Gasteiger partial charge in [0.25, 0.3) is 0 Å². The van der Waals surface area contributed by atoms with Crippen molar-refractivity contribution in [2.24, 2.45) is 5.92 Å². The Bertz CT molecular complexity index is 268. The molecule has 0 saturated heterocycles. The molecule has 0 bridgehead atoms. The van der Waals surface area contributed by atoms with Crippen molar-refractivity contribution in [2.75, 3.05) is 39.1 Å². The van der Waals surface area contributed by atoms with Crippen LogP contribution in [0.1, 0.15) is 12.8 Å². The Morgan fingerprint density at radius 1 is 1.25 bits per heavy atom. The molecule has 0 spiro atoms. The second kappa shape index (κ2) is 8.25. The van der Waals surface area contributed by atoms with Gasteiger partial charge in [0.2, 0.25) is 10.0 Å². The van der Waals surface area contributed by atoms with Crippen LogP contribution in [0.25, 0.3) is 0 Å². The average Bonchev–Trinajstić information content (AvgIpc) is 2.94. The Kier molecular flexibility index (Phi) is 8.31. The third-order valence-electron chi connectivity index (χ3n) is 2.26. The quantitative estimate of drug-likeness (QED) is 0.579. The number of nitrogens with one attached hydrogen (secondary N) is 2. The van der Waals surface area contributed by atoms with Crippen molar-refractivity contribution in [3.8, 4) is 0 Å². The van der Waals surface area contributed by atoms with Crippen LogP contribution in [0.2, 0.25) is 0 Å². The van der Waals surface area contributed by atoms with Crippen molar-refractivity contribution in [1.29, 1.82) is 0 Å². The lowest BCUT2D eigenvalue weighted by Crippen LogP contribution is -2.34. The lowest BCUT2D eigenvalue weighted by molar-refractivity contribution is 0.199. The van der Waals surface area contributed by atoms with E-state index >= 15 is 0 Å². The molecule has 0 aliphatic heterocycles. The monoisotopic (exact) mass is 272 g/mol. The van der Waals surface area contributed by atoms with Gasteiger partial charge in [0.05, 0.1) is 12.4 Å². The summed E-state index contributed by atoms with van der Waals surface area (Å²) in [6.45, 7) is 2.50. The highest BCUT2D eigenvalue weighted by Gasteiger charge is 2.27. The molecule has 0 aromatic rings. The molecule has 16 heavy (non-hydrogen) atoms. The zero-order valence-electron chi connectivity index (χ0n) is 9.57. The van der Waals surface area contributed by atoms with Gasteiger partial charge in [-0.3, -0.25) is 0 Å². The third kappa shape index (κ3) is 8.29. The van der Waals surface area contributed by atoms with Crippen LogP contribution in [0.15, 0.2) is 0 Å². The fourth-order valence-electron chi connectivity index (χ4n) is 1.25. The Morgan fingerprint density at radius 2 is 1.94 bits per heavy atom. The molecular formula is C9H21ClN2O3S. The number of hydrogen-bond acceptors (Lipinski definition) is 4. The minimum atomic E-state index is -3.03. The van der Waals surface area contributed by atoms with Gasteiger partial charge in [-0.2, -0.15) is 0 Å². The van der Waals surface area contributed by atoms with Gasteiger partial charge in [0.15, 0.2) is 0 Å². The van der Waals surface area contributed by atoms with E-state index in [1.165, 1.54) is 0 Å². The van der Waals surface area contributed by atoms with Crippen molar-refractivity contribution in [1.82, 2.24) is 10.0 Å². The van der Waals surface area contributed by atoms with E-state index in [-0.39, 0.29) is 12.4 Å². The third-order valence-corrected chi connectivity index (χ3v) is 3.81. The maximum Gasteiger partial charge on any atom is 0.211 e. The van der Waals surface area contributed by atoms with E-state index < -0.39 is 10.0 Å². The zero-order chi connectivity index (χ0) is 11.1. The summed E-state index contributed by atoms with van der Waals surface area (Å²) in [5.41, 5.74) is 0. The highest BCUT2D eigenvalue weighted by Crippen LogP contribution is 2.29. The first kappa shape index (κ1) is 16.1. The summed E-state index contributed by atoms with van der Waals surface area (Å²) in [6, 6.07) is 0. The van der Waals surface area contributed by atoms with Crippen molar-refractivity contribution < 1.29 is 13.2 Å². The second-order valence-corrected chi connectivity index (χ2v) is 5.71. The maximum atomic E-state index is 11.4. The normalized spacial score (nSPS) is 15.8. The summed E-state index contributed by atoms with van der Waals surface area (Å²) in [4.78, 5) is 0. The molecule has 0 amide bonds. The molecule has 0 radical (unpaired) electrons. The van der Waals surface area contributed by atoms with E-state index in [0.29, 0.717) is 31.4 Å². The van der Waals surface area contributed by atoms with Crippen LogP contribution in [-0.2, 0) is 14.8 Å². The van der Waals surface area contributed by atoms with Crippen LogP contribution < -0.4 is 10.0 Å². The van der Waals surface area contributed by atoms with Gasteiger partial charge < -0.3 is 10.1 Å². The highest BCUT2D eigenvalue weighted by atomic mass is 35.5. The van der Waals surface area contributed by atoms with E-state index in [1.807, 2.05) is 0 Å². The standard InChI is InChI=1S/C9H20N2O3S.ClH/c1-14-7-6-10-4-5-11-15(12,13)8-9-2-3-9;/h9-11H,2-8H2,1H3;1H. The molecular weight excluding hydrogens is 252 g/mol.